The fourth-order valence-electron chi connectivity index (χ4n) is 1.74. The topological polar surface area (TPSA) is 89.7 Å². The lowest BCUT2D eigenvalue weighted by molar-refractivity contribution is -0.385. The van der Waals surface area contributed by atoms with Crippen LogP contribution in [-0.4, -0.2) is 22.3 Å². The number of nitrogens with zero attached hydrogens (tertiary/aromatic N) is 1. The van der Waals surface area contributed by atoms with Crippen LogP contribution in [0.2, 0.25) is 0 Å². The van der Waals surface area contributed by atoms with E-state index in [-0.39, 0.29) is 5.75 Å². The van der Waals surface area contributed by atoms with Crippen LogP contribution in [0.4, 0.5) is 5.69 Å². The monoisotopic (exact) mass is 305 g/mol. The molecule has 2 aromatic rings. The van der Waals surface area contributed by atoms with Crippen LogP contribution in [0.1, 0.15) is 10.4 Å². The molecule has 6 nitrogen and oxygen atoms in total. The molecule has 0 fully saturated rings. The largest absolute Gasteiger partial charge is 0.477 e. The molecule has 108 valence electrons. The van der Waals surface area contributed by atoms with E-state index in [1.54, 1.807) is 12.1 Å². The van der Waals surface area contributed by atoms with Crippen LogP contribution in [-0.2, 0) is 0 Å². The number of hydrogen-bond donors (Lipinski definition) is 1. The first-order chi connectivity index (χ1) is 10.0. The summed E-state index contributed by atoms with van der Waals surface area (Å²) >= 11 is 1.48. The molecule has 0 amide bonds. The maximum absolute atomic E-state index is 11.1. The minimum atomic E-state index is -1.37. The molecular formula is C14H11NO5S. The second-order valence-corrected chi connectivity index (χ2v) is 4.84. The van der Waals surface area contributed by atoms with Crippen molar-refractivity contribution >= 4 is 23.4 Å². The van der Waals surface area contributed by atoms with Crippen molar-refractivity contribution in [2.45, 2.75) is 4.90 Å². The lowest BCUT2D eigenvalue weighted by atomic mass is 10.1. The maximum Gasteiger partial charge on any atom is 0.342 e. The van der Waals surface area contributed by atoms with Gasteiger partial charge >= 0.3 is 5.97 Å². The van der Waals surface area contributed by atoms with E-state index in [9.17, 15) is 14.9 Å². The first-order valence-electron chi connectivity index (χ1n) is 5.85. The summed E-state index contributed by atoms with van der Waals surface area (Å²) in [5.41, 5.74) is -0.868. The minimum Gasteiger partial charge on any atom is -0.477 e. The van der Waals surface area contributed by atoms with Crippen molar-refractivity contribution < 1.29 is 19.6 Å². The Bertz CT molecular complexity index is 702. The Morgan fingerprint density at radius 3 is 2.62 bits per heavy atom. The van der Waals surface area contributed by atoms with Gasteiger partial charge in [0.05, 0.1) is 4.92 Å². The Labute approximate surface area is 124 Å². The van der Waals surface area contributed by atoms with Crippen molar-refractivity contribution in [1.82, 2.24) is 0 Å². The van der Waals surface area contributed by atoms with Gasteiger partial charge in [-0.3, -0.25) is 10.1 Å². The van der Waals surface area contributed by atoms with Crippen LogP contribution >= 0.6 is 11.8 Å². The van der Waals surface area contributed by atoms with Gasteiger partial charge in [-0.2, -0.15) is 0 Å². The van der Waals surface area contributed by atoms with Gasteiger partial charge in [0.1, 0.15) is 17.1 Å². The van der Waals surface area contributed by atoms with Crippen LogP contribution in [0.15, 0.2) is 47.4 Å². The van der Waals surface area contributed by atoms with Crippen molar-refractivity contribution in [3.8, 4) is 11.5 Å². The Balaban J connectivity index is 2.39. The second kappa shape index (κ2) is 6.27. The molecular weight excluding hydrogens is 294 g/mol. The van der Waals surface area contributed by atoms with Crippen molar-refractivity contribution in [3.05, 3.63) is 58.1 Å². The fourth-order valence-corrected chi connectivity index (χ4v) is 2.26. The zero-order chi connectivity index (χ0) is 15.4. The summed E-state index contributed by atoms with van der Waals surface area (Å²) < 4.78 is 5.62. The summed E-state index contributed by atoms with van der Waals surface area (Å²) in [6.45, 7) is 0. The highest BCUT2D eigenvalue weighted by atomic mass is 32.2. The highest BCUT2D eigenvalue weighted by Gasteiger charge is 2.20. The summed E-state index contributed by atoms with van der Waals surface area (Å²) in [7, 11) is 0. The Morgan fingerprint density at radius 1 is 1.29 bits per heavy atom. The van der Waals surface area contributed by atoms with Gasteiger partial charge in [-0.15, -0.1) is 11.8 Å². The molecule has 21 heavy (non-hydrogen) atoms. The summed E-state index contributed by atoms with van der Waals surface area (Å²) in [4.78, 5) is 22.0. The summed E-state index contributed by atoms with van der Waals surface area (Å²) in [6.07, 6.45) is 1.89. The number of para-hydroxylation sites is 1. The maximum atomic E-state index is 11.1. The molecule has 7 heteroatoms. The van der Waals surface area contributed by atoms with E-state index in [0.29, 0.717) is 5.75 Å². The van der Waals surface area contributed by atoms with E-state index >= 15 is 0 Å². The van der Waals surface area contributed by atoms with Crippen LogP contribution in [0.3, 0.4) is 0 Å². The van der Waals surface area contributed by atoms with E-state index in [2.05, 4.69) is 0 Å². The van der Waals surface area contributed by atoms with Crippen LogP contribution in [0.25, 0.3) is 0 Å². The Hall–Kier alpha value is -2.54. The third kappa shape index (κ3) is 3.32. The molecule has 0 saturated heterocycles. The molecule has 0 aromatic heterocycles. The van der Waals surface area contributed by atoms with E-state index in [4.69, 9.17) is 9.84 Å². The number of carboxylic acid groups (broad SMARTS) is 1. The molecule has 0 aliphatic heterocycles. The number of rotatable bonds is 5. The number of nitro groups is 1. The van der Waals surface area contributed by atoms with Crippen molar-refractivity contribution in [2.75, 3.05) is 6.26 Å². The molecule has 0 spiro atoms. The molecule has 0 radical (unpaired) electrons. The van der Waals surface area contributed by atoms with Gasteiger partial charge in [-0.25, -0.2) is 4.79 Å². The van der Waals surface area contributed by atoms with Crippen LogP contribution in [0.5, 0.6) is 11.5 Å². The minimum absolute atomic E-state index is 0.236. The number of aromatic carboxylic acids is 1. The Kier molecular flexibility index (Phi) is 4.44. The molecule has 1 N–H and O–H groups in total. The van der Waals surface area contributed by atoms with E-state index in [0.717, 1.165) is 17.0 Å². The number of ether oxygens (including phenoxy) is 1. The molecule has 0 saturated carbocycles. The molecule has 0 unspecified atom stereocenters. The molecule has 2 aromatic carbocycles. The Morgan fingerprint density at radius 2 is 2.00 bits per heavy atom. The summed E-state index contributed by atoms with van der Waals surface area (Å²) in [5, 5.41) is 19.8. The molecule has 0 aliphatic rings. The van der Waals surface area contributed by atoms with Gasteiger partial charge in [0.2, 0.25) is 0 Å². The van der Waals surface area contributed by atoms with Crippen molar-refractivity contribution in [2.24, 2.45) is 0 Å². The third-order valence-corrected chi connectivity index (χ3v) is 3.47. The highest BCUT2D eigenvalue weighted by Crippen LogP contribution is 2.33. The summed E-state index contributed by atoms with van der Waals surface area (Å²) in [6, 6.07) is 10.9. The van der Waals surface area contributed by atoms with Gasteiger partial charge in [-0.1, -0.05) is 12.1 Å². The normalized spacial score (nSPS) is 10.1. The smallest absolute Gasteiger partial charge is 0.342 e. The molecule has 0 heterocycles. The summed E-state index contributed by atoms with van der Waals surface area (Å²) in [5.74, 6) is -0.569. The predicted molar refractivity (Wildman–Crippen MR) is 78.4 cm³/mol. The lowest BCUT2D eigenvalue weighted by Gasteiger charge is -2.10. The van der Waals surface area contributed by atoms with Crippen LogP contribution < -0.4 is 4.74 Å². The quantitative estimate of drug-likeness (QED) is 0.513. The van der Waals surface area contributed by atoms with Gasteiger partial charge in [-0.05, 0) is 24.5 Å². The van der Waals surface area contributed by atoms with Crippen molar-refractivity contribution in [3.63, 3.8) is 0 Å². The number of thioether (sulfide) groups is 1. The van der Waals surface area contributed by atoms with E-state index in [1.165, 1.54) is 17.8 Å². The molecule has 0 atom stereocenters. The van der Waals surface area contributed by atoms with Gasteiger partial charge in [0.15, 0.2) is 0 Å². The molecule has 0 aliphatic carbocycles. The number of hydrogen-bond acceptors (Lipinski definition) is 5. The lowest BCUT2D eigenvalue weighted by Crippen LogP contribution is -2.03. The number of carbonyl (C=O) groups is 1. The zero-order valence-corrected chi connectivity index (χ0v) is 11.8. The van der Waals surface area contributed by atoms with Gasteiger partial charge in [0, 0.05) is 17.0 Å². The first-order valence-corrected chi connectivity index (χ1v) is 7.08. The first kappa shape index (κ1) is 14.9. The SMILES string of the molecule is CSc1ccccc1Oc1ccc([N+](=O)[O-])c(C(=O)O)c1. The van der Waals surface area contributed by atoms with E-state index < -0.39 is 22.1 Å². The average molecular weight is 305 g/mol. The number of carboxylic acids is 1. The highest BCUT2D eigenvalue weighted by molar-refractivity contribution is 7.98. The number of nitro benzene ring substituents is 1. The van der Waals surface area contributed by atoms with Crippen LogP contribution in [0, 0.1) is 10.1 Å². The van der Waals surface area contributed by atoms with Crippen molar-refractivity contribution in [1.29, 1.82) is 0 Å². The molecule has 0 bridgehead atoms. The van der Waals surface area contributed by atoms with Gasteiger partial charge in [0.25, 0.3) is 5.69 Å². The average Bonchev–Trinajstić information content (AvgIpc) is 2.47. The van der Waals surface area contributed by atoms with Gasteiger partial charge < -0.3 is 9.84 Å². The predicted octanol–water partition coefficient (Wildman–Crippen LogP) is 3.81. The van der Waals surface area contributed by atoms with E-state index in [1.807, 2.05) is 18.4 Å². The zero-order valence-electron chi connectivity index (χ0n) is 11.0. The fraction of sp³-hybridized carbons (Fsp3) is 0.0714. The standard InChI is InChI=1S/C14H11NO5S/c1-21-13-5-3-2-4-12(13)20-9-6-7-11(15(18)19)10(8-9)14(16)17/h2-8H,1H3,(H,16,17). The second-order valence-electron chi connectivity index (χ2n) is 3.99. The number of benzene rings is 2. The molecule has 2 rings (SSSR count). The third-order valence-electron chi connectivity index (χ3n) is 2.69.